The third-order valence-electron chi connectivity index (χ3n) is 4.00. The number of amides is 1. The first kappa shape index (κ1) is 14.0. The Morgan fingerprint density at radius 3 is 2.35 bits per heavy atom. The van der Waals surface area contributed by atoms with Crippen molar-refractivity contribution in [2.75, 3.05) is 0 Å². The summed E-state index contributed by atoms with van der Waals surface area (Å²) >= 11 is 0. The van der Waals surface area contributed by atoms with E-state index >= 15 is 0 Å². The number of carbonyl (C=O) groups is 1. The molecule has 1 saturated carbocycles. The molecule has 0 bridgehead atoms. The Kier molecular flexibility index (Phi) is 4.99. The Morgan fingerprint density at radius 2 is 2.00 bits per heavy atom. The maximum Gasteiger partial charge on any atom is 0.240 e. The van der Waals surface area contributed by atoms with Crippen molar-refractivity contribution in [3.05, 3.63) is 0 Å². The van der Waals surface area contributed by atoms with Gasteiger partial charge in [-0.2, -0.15) is 5.26 Å². The quantitative estimate of drug-likeness (QED) is 0.738. The summed E-state index contributed by atoms with van der Waals surface area (Å²) in [4.78, 5) is 12.2. The molecule has 0 aliphatic heterocycles. The highest BCUT2D eigenvalue weighted by Gasteiger charge is 2.36. The van der Waals surface area contributed by atoms with E-state index in [0.29, 0.717) is 12.8 Å². The Balaban J connectivity index is 2.58. The molecule has 0 aromatic heterocycles. The first-order chi connectivity index (χ1) is 8.11. The van der Waals surface area contributed by atoms with Crippen LogP contribution in [0.2, 0.25) is 0 Å². The van der Waals surface area contributed by atoms with Crippen molar-refractivity contribution < 1.29 is 4.79 Å². The second-order valence-electron chi connectivity index (χ2n) is 5.16. The third kappa shape index (κ3) is 3.46. The number of nitriles is 1. The number of nitrogens with one attached hydrogen (secondary N) is 1. The minimum absolute atomic E-state index is 0.0718. The number of carbonyl (C=O) groups excluding carboxylic acids is 1. The zero-order valence-electron chi connectivity index (χ0n) is 11.3. The predicted molar refractivity (Wildman–Crippen MR) is 68.2 cm³/mol. The molecule has 17 heavy (non-hydrogen) atoms. The minimum atomic E-state index is -0.822. The van der Waals surface area contributed by atoms with Gasteiger partial charge in [0, 0.05) is 6.04 Å². The molecule has 1 unspecified atom stereocenters. The first-order valence-electron chi connectivity index (χ1n) is 6.84. The molecule has 1 aliphatic rings. The van der Waals surface area contributed by atoms with E-state index in [-0.39, 0.29) is 11.9 Å². The molecule has 0 aromatic rings. The van der Waals surface area contributed by atoms with Gasteiger partial charge in [-0.1, -0.05) is 33.6 Å². The average Bonchev–Trinajstić information content (AvgIpc) is 3.15. The lowest BCUT2D eigenvalue weighted by atomic mass is 9.82. The van der Waals surface area contributed by atoms with Gasteiger partial charge in [-0.05, 0) is 31.6 Å². The summed E-state index contributed by atoms with van der Waals surface area (Å²) in [7, 11) is 0. The maximum atomic E-state index is 12.2. The van der Waals surface area contributed by atoms with E-state index in [9.17, 15) is 10.1 Å². The fourth-order valence-electron chi connectivity index (χ4n) is 2.19. The molecule has 1 amide bonds. The third-order valence-corrected chi connectivity index (χ3v) is 4.00. The molecule has 0 saturated heterocycles. The van der Waals surface area contributed by atoms with Crippen LogP contribution in [0.1, 0.15) is 59.3 Å². The molecule has 3 nitrogen and oxygen atoms in total. The molecule has 0 heterocycles. The molecule has 0 radical (unpaired) electrons. The van der Waals surface area contributed by atoms with Crippen LogP contribution in [0.3, 0.4) is 0 Å². The van der Waals surface area contributed by atoms with E-state index < -0.39 is 5.41 Å². The molecule has 0 aromatic carbocycles. The van der Waals surface area contributed by atoms with Gasteiger partial charge < -0.3 is 5.32 Å². The van der Waals surface area contributed by atoms with Crippen molar-refractivity contribution in [3.63, 3.8) is 0 Å². The smallest absolute Gasteiger partial charge is 0.240 e. The SMILES string of the molecule is CCC(CC1CC1)NC(=O)C(C#N)(CC)CC. The molecule has 1 rings (SSSR count). The van der Waals surface area contributed by atoms with Crippen molar-refractivity contribution in [1.82, 2.24) is 5.32 Å². The molecule has 1 aliphatic carbocycles. The molecule has 0 spiro atoms. The summed E-state index contributed by atoms with van der Waals surface area (Å²) in [6.45, 7) is 5.92. The Morgan fingerprint density at radius 1 is 1.41 bits per heavy atom. The largest absolute Gasteiger partial charge is 0.352 e. The van der Waals surface area contributed by atoms with Crippen LogP contribution in [0.15, 0.2) is 0 Å². The summed E-state index contributed by atoms with van der Waals surface area (Å²) in [6, 6.07) is 2.45. The fourth-order valence-corrected chi connectivity index (χ4v) is 2.19. The van der Waals surface area contributed by atoms with E-state index in [2.05, 4.69) is 18.3 Å². The van der Waals surface area contributed by atoms with Crippen molar-refractivity contribution in [2.24, 2.45) is 11.3 Å². The second kappa shape index (κ2) is 6.05. The van der Waals surface area contributed by atoms with Gasteiger partial charge in [-0.25, -0.2) is 0 Å². The van der Waals surface area contributed by atoms with Crippen LogP contribution < -0.4 is 5.32 Å². The van der Waals surface area contributed by atoms with Gasteiger partial charge in [0.15, 0.2) is 0 Å². The highest BCUT2D eigenvalue weighted by Crippen LogP contribution is 2.34. The summed E-state index contributed by atoms with van der Waals surface area (Å²) in [5.41, 5.74) is -0.822. The van der Waals surface area contributed by atoms with Gasteiger partial charge in [-0.15, -0.1) is 0 Å². The zero-order chi connectivity index (χ0) is 12.9. The van der Waals surface area contributed by atoms with Gasteiger partial charge in [-0.3, -0.25) is 4.79 Å². The molecule has 3 heteroatoms. The summed E-state index contributed by atoms with van der Waals surface area (Å²) in [6.07, 6.45) is 5.82. The van der Waals surface area contributed by atoms with Crippen molar-refractivity contribution in [1.29, 1.82) is 5.26 Å². The van der Waals surface area contributed by atoms with Crippen LogP contribution in [-0.4, -0.2) is 11.9 Å². The highest BCUT2D eigenvalue weighted by molar-refractivity contribution is 5.85. The minimum Gasteiger partial charge on any atom is -0.352 e. The summed E-state index contributed by atoms with van der Waals surface area (Å²) < 4.78 is 0. The molecule has 1 N–H and O–H groups in total. The molecular weight excluding hydrogens is 212 g/mol. The van der Waals surface area contributed by atoms with Crippen LogP contribution in [0, 0.1) is 22.7 Å². The van der Waals surface area contributed by atoms with E-state index in [1.165, 1.54) is 12.8 Å². The molecular formula is C14H24N2O. The fraction of sp³-hybridized carbons (Fsp3) is 0.857. The van der Waals surface area contributed by atoms with E-state index in [1.807, 2.05) is 13.8 Å². The van der Waals surface area contributed by atoms with Crippen molar-refractivity contribution in [3.8, 4) is 6.07 Å². The summed E-state index contributed by atoms with van der Waals surface area (Å²) in [5, 5.41) is 12.3. The number of hydrogen-bond acceptors (Lipinski definition) is 2. The normalized spacial score (nSPS) is 17.3. The number of hydrogen-bond donors (Lipinski definition) is 1. The molecule has 1 fully saturated rings. The Labute approximate surface area is 105 Å². The Bertz CT molecular complexity index is 298. The average molecular weight is 236 g/mol. The predicted octanol–water partition coefficient (Wildman–Crippen LogP) is 3.01. The second-order valence-corrected chi connectivity index (χ2v) is 5.16. The van der Waals surface area contributed by atoms with Gasteiger partial charge in [0.2, 0.25) is 5.91 Å². The van der Waals surface area contributed by atoms with Crippen LogP contribution in [0.4, 0.5) is 0 Å². The van der Waals surface area contributed by atoms with E-state index in [1.54, 1.807) is 0 Å². The van der Waals surface area contributed by atoms with Crippen molar-refractivity contribution >= 4 is 5.91 Å². The van der Waals surface area contributed by atoms with Crippen LogP contribution in [-0.2, 0) is 4.79 Å². The van der Waals surface area contributed by atoms with E-state index in [4.69, 9.17) is 0 Å². The summed E-state index contributed by atoms with van der Waals surface area (Å²) in [5.74, 6) is 0.734. The lowest BCUT2D eigenvalue weighted by molar-refractivity contribution is -0.129. The van der Waals surface area contributed by atoms with Gasteiger partial charge in [0.25, 0.3) is 0 Å². The monoisotopic (exact) mass is 236 g/mol. The van der Waals surface area contributed by atoms with Crippen LogP contribution >= 0.6 is 0 Å². The number of nitrogens with zero attached hydrogens (tertiary/aromatic N) is 1. The number of rotatable bonds is 7. The lowest BCUT2D eigenvalue weighted by Gasteiger charge is -2.26. The van der Waals surface area contributed by atoms with E-state index in [0.717, 1.165) is 18.8 Å². The zero-order valence-corrected chi connectivity index (χ0v) is 11.3. The molecule has 96 valence electrons. The lowest BCUT2D eigenvalue weighted by Crippen LogP contribution is -2.44. The highest BCUT2D eigenvalue weighted by atomic mass is 16.2. The maximum absolute atomic E-state index is 12.2. The van der Waals surface area contributed by atoms with Gasteiger partial charge in [0.05, 0.1) is 6.07 Å². The van der Waals surface area contributed by atoms with Crippen LogP contribution in [0.5, 0.6) is 0 Å². The van der Waals surface area contributed by atoms with Gasteiger partial charge in [0.1, 0.15) is 5.41 Å². The standard InChI is InChI=1S/C14H24N2O/c1-4-12(9-11-7-8-11)16-13(17)14(5-2,6-3)10-15/h11-12H,4-9H2,1-3H3,(H,16,17). The molecule has 1 atom stereocenters. The topological polar surface area (TPSA) is 52.9 Å². The van der Waals surface area contributed by atoms with Gasteiger partial charge >= 0.3 is 0 Å². The first-order valence-corrected chi connectivity index (χ1v) is 6.84. The van der Waals surface area contributed by atoms with Crippen molar-refractivity contribution in [2.45, 2.75) is 65.3 Å². The van der Waals surface area contributed by atoms with Crippen LogP contribution in [0.25, 0.3) is 0 Å². The Hall–Kier alpha value is -1.04.